The highest BCUT2D eigenvalue weighted by atomic mass is 16.5. The number of ether oxygens (including phenoxy) is 2. The first-order valence-electron chi connectivity index (χ1n) is 5.57. The molecular formula is C10H19N3O4. The molecule has 0 radical (unpaired) electrons. The number of primary amides is 1. The van der Waals surface area contributed by atoms with Gasteiger partial charge in [-0.05, 0) is 13.8 Å². The van der Waals surface area contributed by atoms with E-state index in [1.807, 2.05) is 12.2 Å². The zero-order valence-electron chi connectivity index (χ0n) is 10.1. The fourth-order valence-corrected chi connectivity index (χ4v) is 1.52. The van der Waals surface area contributed by atoms with Crippen LogP contribution in [0.4, 0.5) is 4.79 Å². The van der Waals surface area contributed by atoms with Crippen molar-refractivity contribution in [3.63, 3.8) is 0 Å². The molecule has 1 fully saturated rings. The highest BCUT2D eigenvalue weighted by Gasteiger charge is 2.21. The third-order valence-electron chi connectivity index (χ3n) is 2.38. The first kappa shape index (κ1) is 13.9. The molecule has 98 valence electrons. The molecule has 0 saturated carbocycles. The largest absolute Gasteiger partial charge is 0.370 e. The van der Waals surface area contributed by atoms with E-state index in [1.165, 1.54) is 0 Å². The lowest BCUT2D eigenvalue weighted by Gasteiger charge is -2.29. The zero-order chi connectivity index (χ0) is 12.8. The maximum absolute atomic E-state index is 11.3. The summed E-state index contributed by atoms with van der Waals surface area (Å²) < 4.78 is 10.9. The van der Waals surface area contributed by atoms with Crippen LogP contribution >= 0.6 is 0 Å². The van der Waals surface area contributed by atoms with Crippen molar-refractivity contribution in [1.29, 1.82) is 0 Å². The van der Waals surface area contributed by atoms with Crippen LogP contribution < -0.4 is 16.4 Å². The van der Waals surface area contributed by atoms with Gasteiger partial charge in [-0.15, -0.1) is 0 Å². The number of morpholine rings is 1. The Kier molecular flexibility index (Phi) is 5.33. The minimum Gasteiger partial charge on any atom is -0.370 e. The van der Waals surface area contributed by atoms with Crippen LogP contribution in [-0.4, -0.2) is 49.9 Å². The summed E-state index contributed by atoms with van der Waals surface area (Å²) in [6, 6.07) is -0.880. The number of imide groups is 1. The SMILES string of the molecule is CC1CNCC(COC(C)C(=O)NC(N)=O)O1. The molecule has 3 atom stereocenters. The molecular weight excluding hydrogens is 226 g/mol. The van der Waals surface area contributed by atoms with Crippen LogP contribution in [0, 0.1) is 0 Å². The summed E-state index contributed by atoms with van der Waals surface area (Å²) in [6.07, 6.45) is -0.682. The van der Waals surface area contributed by atoms with Gasteiger partial charge >= 0.3 is 6.03 Å². The molecule has 7 nitrogen and oxygen atoms in total. The number of nitrogens with one attached hydrogen (secondary N) is 2. The van der Waals surface area contributed by atoms with Crippen LogP contribution in [-0.2, 0) is 14.3 Å². The van der Waals surface area contributed by atoms with E-state index in [2.05, 4.69) is 5.32 Å². The van der Waals surface area contributed by atoms with Crippen LogP contribution in [0.25, 0.3) is 0 Å². The van der Waals surface area contributed by atoms with E-state index in [1.54, 1.807) is 6.92 Å². The minimum absolute atomic E-state index is 0.0809. The van der Waals surface area contributed by atoms with E-state index >= 15 is 0 Å². The number of hydrogen-bond donors (Lipinski definition) is 3. The summed E-state index contributed by atoms with van der Waals surface area (Å²) in [5.41, 5.74) is 4.83. The molecule has 1 saturated heterocycles. The van der Waals surface area contributed by atoms with Gasteiger partial charge in [0, 0.05) is 13.1 Å². The molecule has 0 bridgehead atoms. The molecule has 0 aromatic rings. The molecule has 0 aliphatic carbocycles. The van der Waals surface area contributed by atoms with E-state index in [0.717, 1.165) is 6.54 Å². The van der Waals surface area contributed by atoms with Crippen molar-refractivity contribution >= 4 is 11.9 Å². The van der Waals surface area contributed by atoms with Gasteiger partial charge in [0.25, 0.3) is 5.91 Å². The Hall–Kier alpha value is -1.18. The Labute approximate surface area is 100 Å². The van der Waals surface area contributed by atoms with Gasteiger partial charge in [-0.2, -0.15) is 0 Å². The summed E-state index contributed by atoms with van der Waals surface area (Å²) in [5, 5.41) is 5.15. The van der Waals surface area contributed by atoms with Gasteiger partial charge in [-0.1, -0.05) is 0 Å². The van der Waals surface area contributed by atoms with Crippen molar-refractivity contribution in [3.05, 3.63) is 0 Å². The number of rotatable bonds is 4. The number of carbonyl (C=O) groups excluding carboxylic acids is 2. The van der Waals surface area contributed by atoms with Crippen molar-refractivity contribution in [2.24, 2.45) is 5.73 Å². The van der Waals surface area contributed by atoms with Crippen molar-refractivity contribution in [2.45, 2.75) is 32.2 Å². The Morgan fingerprint density at radius 1 is 1.59 bits per heavy atom. The summed E-state index contributed by atoms with van der Waals surface area (Å²) in [5.74, 6) is -0.547. The number of urea groups is 1. The Bertz CT molecular complexity index is 285. The number of hydrogen-bond acceptors (Lipinski definition) is 5. The number of nitrogens with two attached hydrogens (primary N) is 1. The van der Waals surface area contributed by atoms with Crippen molar-refractivity contribution in [2.75, 3.05) is 19.7 Å². The highest BCUT2D eigenvalue weighted by molar-refractivity contribution is 5.95. The molecule has 3 amide bonds. The molecule has 4 N–H and O–H groups in total. The maximum atomic E-state index is 11.3. The molecule has 1 rings (SSSR count). The Morgan fingerprint density at radius 2 is 2.29 bits per heavy atom. The average molecular weight is 245 g/mol. The molecule has 17 heavy (non-hydrogen) atoms. The normalized spacial score (nSPS) is 26.2. The van der Waals surface area contributed by atoms with Gasteiger partial charge in [0.05, 0.1) is 18.8 Å². The monoisotopic (exact) mass is 245 g/mol. The topological polar surface area (TPSA) is 103 Å². The summed E-state index contributed by atoms with van der Waals surface area (Å²) in [6.45, 7) is 5.31. The van der Waals surface area contributed by atoms with E-state index in [4.69, 9.17) is 15.2 Å². The second-order valence-corrected chi connectivity index (χ2v) is 4.06. The fourth-order valence-electron chi connectivity index (χ4n) is 1.52. The van der Waals surface area contributed by atoms with Gasteiger partial charge < -0.3 is 20.5 Å². The highest BCUT2D eigenvalue weighted by Crippen LogP contribution is 2.04. The molecule has 7 heteroatoms. The Morgan fingerprint density at radius 3 is 2.88 bits per heavy atom. The van der Waals surface area contributed by atoms with E-state index in [9.17, 15) is 9.59 Å². The molecule has 1 heterocycles. The van der Waals surface area contributed by atoms with Crippen LogP contribution in [0.3, 0.4) is 0 Å². The van der Waals surface area contributed by atoms with Crippen molar-refractivity contribution < 1.29 is 19.1 Å². The van der Waals surface area contributed by atoms with Crippen LogP contribution in [0.15, 0.2) is 0 Å². The van der Waals surface area contributed by atoms with E-state index in [0.29, 0.717) is 13.2 Å². The number of carbonyl (C=O) groups is 2. The van der Waals surface area contributed by atoms with Crippen LogP contribution in [0.5, 0.6) is 0 Å². The third-order valence-corrected chi connectivity index (χ3v) is 2.38. The second-order valence-electron chi connectivity index (χ2n) is 4.06. The predicted molar refractivity (Wildman–Crippen MR) is 60.3 cm³/mol. The van der Waals surface area contributed by atoms with Gasteiger partial charge in [0.15, 0.2) is 0 Å². The smallest absolute Gasteiger partial charge is 0.318 e. The first-order chi connectivity index (χ1) is 7.99. The molecule has 1 aliphatic heterocycles. The van der Waals surface area contributed by atoms with Crippen molar-refractivity contribution in [3.8, 4) is 0 Å². The lowest BCUT2D eigenvalue weighted by Crippen LogP contribution is -2.47. The lowest BCUT2D eigenvalue weighted by molar-refractivity contribution is -0.135. The number of amides is 3. The zero-order valence-corrected chi connectivity index (χ0v) is 10.1. The average Bonchev–Trinajstić information content (AvgIpc) is 2.25. The predicted octanol–water partition coefficient (Wildman–Crippen LogP) is -1.04. The molecule has 1 aliphatic rings. The molecule has 0 aromatic heterocycles. The minimum atomic E-state index is -0.880. The first-order valence-corrected chi connectivity index (χ1v) is 5.57. The standard InChI is InChI=1S/C10H19N3O4/c1-6-3-12-4-8(17-6)5-16-7(2)9(14)13-10(11)15/h6-8,12H,3-5H2,1-2H3,(H3,11,13,14,15). The molecule has 3 unspecified atom stereocenters. The van der Waals surface area contributed by atoms with Crippen LogP contribution in [0.1, 0.15) is 13.8 Å². The van der Waals surface area contributed by atoms with Gasteiger partial charge in [0.1, 0.15) is 6.10 Å². The van der Waals surface area contributed by atoms with Gasteiger partial charge in [0.2, 0.25) is 0 Å². The third kappa shape index (κ3) is 5.12. The summed E-state index contributed by atoms with van der Waals surface area (Å²) in [7, 11) is 0. The Balaban J connectivity index is 2.24. The maximum Gasteiger partial charge on any atom is 0.318 e. The lowest BCUT2D eigenvalue weighted by atomic mass is 10.2. The quantitative estimate of drug-likeness (QED) is 0.587. The van der Waals surface area contributed by atoms with E-state index < -0.39 is 18.0 Å². The van der Waals surface area contributed by atoms with Gasteiger partial charge in [-0.25, -0.2) is 4.79 Å². The van der Waals surface area contributed by atoms with Crippen molar-refractivity contribution in [1.82, 2.24) is 10.6 Å². The molecule has 0 aromatic carbocycles. The molecule has 0 spiro atoms. The second kappa shape index (κ2) is 6.53. The fraction of sp³-hybridized carbons (Fsp3) is 0.800. The van der Waals surface area contributed by atoms with E-state index in [-0.39, 0.29) is 12.2 Å². The van der Waals surface area contributed by atoms with Gasteiger partial charge in [-0.3, -0.25) is 10.1 Å². The summed E-state index contributed by atoms with van der Waals surface area (Å²) >= 11 is 0. The van der Waals surface area contributed by atoms with Crippen LogP contribution in [0.2, 0.25) is 0 Å². The summed E-state index contributed by atoms with van der Waals surface area (Å²) in [4.78, 5) is 21.8.